The van der Waals surface area contributed by atoms with Crippen molar-refractivity contribution >= 4 is 31.4 Å². The van der Waals surface area contributed by atoms with Gasteiger partial charge >= 0.3 is 0 Å². The minimum Gasteiger partial charge on any atom is -0.355 e. The summed E-state index contributed by atoms with van der Waals surface area (Å²) in [5.74, 6) is 0. The van der Waals surface area contributed by atoms with Gasteiger partial charge in [-0.25, -0.2) is 21.7 Å². The fourth-order valence-electron chi connectivity index (χ4n) is 6.18. The number of nitrogens with one attached hydrogen (secondary N) is 2. The van der Waals surface area contributed by atoms with Gasteiger partial charge in [0, 0.05) is 11.4 Å². The Morgan fingerprint density at radius 1 is 0.614 bits per heavy atom. The summed E-state index contributed by atoms with van der Waals surface area (Å²) in [6.07, 6.45) is -1.25. The molecule has 3 saturated heterocycles. The van der Waals surface area contributed by atoms with Gasteiger partial charge in [-0.05, 0) is 73.5 Å². The van der Waals surface area contributed by atoms with E-state index in [2.05, 4.69) is 14.3 Å². The first kappa shape index (κ1) is 29.0. The number of ether oxygens (including phenoxy) is 3. The summed E-state index contributed by atoms with van der Waals surface area (Å²) in [6.45, 7) is 4.28. The molecule has 2 N–H and O–H groups in total. The van der Waals surface area contributed by atoms with Crippen LogP contribution in [0.25, 0.3) is 0 Å². The molecule has 0 spiro atoms. The molecule has 0 amide bonds. The molecule has 0 saturated carbocycles. The molecule has 0 radical (unpaired) electrons. The lowest BCUT2D eigenvalue weighted by Gasteiger charge is -2.33. The monoisotopic (exact) mass is 633 g/mol. The average Bonchev–Trinajstić information content (AvgIpc) is 3.67. The van der Waals surface area contributed by atoms with Crippen LogP contribution < -0.4 is 9.44 Å². The number of rotatable bonds is 8. The first-order valence-electron chi connectivity index (χ1n) is 14.1. The molecule has 3 fully saturated rings. The maximum absolute atomic E-state index is 12.8. The third-order valence-corrected chi connectivity index (χ3v) is 11.3. The minimum atomic E-state index is -3.72. The molecule has 4 aromatic rings. The van der Waals surface area contributed by atoms with Crippen molar-refractivity contribution in [1.82, 2.24) is 4.90 Å². The topological polar surface area (TPSA) is 123 Å². The van der Waals surface area contributed by atoms with Crippen LogP contribution in [0.2, 0.25) is 0 Å². The summed E-state index contributed by atoms with van der Waals surface area (Å²) in [6, 6.07) is 30.6. The van der Waals surface area contributed by atoms with E-state index in [1.807, 2.05) is 38.1 Å². The van der Waals surface area contributed by atoms with E-state index < -0.39 is 43.7 Å². The quantitative estimate of drug-likeness (QED) is 0.284. The molecule has 3 aliphatic rings. The molecule has 0 unspecified atom stereocenters. The lowest BCUT2D eigenvalue weighted by atomic mass is 9.93. The van der Waals surface area contributed by atoms with Crippen molar-refractivity contribution < 1.29 is 31.0 Å². The third kappa shape index (κ3) is 4.78. The molecular formula is C32H31N3O7S2. The van der Waals surface area contributed by atoms with Crippen LogP contribution in [0.1, 0.15) is 25.0 Å². The smallest absolute Gasteiger partial charge is 0.261 e. The van der Waals surface area contributed by atoms with E-state index in [9.17, 15) is 16.8 Å². The Kier molecular flexibility index (Phi) is 6.85. The van der Waals surface area contributed by atoms with Crippen LogP contribution in [0.15, 0.2) is 119 Å². The van der Waals surface area contributed by atoms with E-state index in [0.717, 1.165) is 11.1 Å². The van der Waals surface area contributed by atoms with E-state index in [1.54, 1.807) is 84.9 Å². The lowest BCUT2D eigenvalue weighted by Crippen LogP contribution is -2.40. The van der Waals surface area contributed by atoms with E-state index in [4.69, 9.17) is 14.2 Å². The zero-order valence-corrected chi connectivity index (χ0v) is 25.6. The zero-order valence-electron chi connectivity index (χ0n) is 24.0. The summed E-state index contributed by atoms with van der Waals surface area (Å²) in [4.78, 5) is 2.46. The Labute approximate surface area is 256 Å². The van der Waals surface area contributed by atoms with Gasteiger partial charge in [-0.2, -0.15) is 0 Å². The first-order chi connectivity index (χ1) is 21.0. The predicted molar refractivity (Wildman–Crippen MR) is 163 cm³/mol. The van der Waals surface area contributed by atoms with E-state index in [-0.39, 0.29) is 16.0 Å². The Bertz CT molecular complexity index is 1780. The van der Waals surface area contributed by atoms with Crippen LogP contribution in [-0.2, 0) is 45.5 Å². The molecule has 228 valence electrons. The van der Waals surface area contributed by atoms with Gasteiger partial charge < -0.3 is 14.2 Å². The molecule has 3 aliphatic heterocycles. The second-order valence-electron chi connectivity index (χ2n) is 11.4. The number of benzene rings is 4. The largest absolute Gasteiger partial charge is 0.355 e. The summed E-state index contributed by atoms with van der Waals surface area (Å²) in [7, 11) is -7.45. The van der Waals surface area contributed by atoms with Crippen LogP contribution in [-0.4, -0.2) is 47.0 Å². The number of hydrogen-bond donors (Lipinski definition) is 2. The number of sulfonamides is 2. The molecule has 0 aromatic heterocycles. The van der Waals surface area contributed by atoms with Gasteiger partial charge in [-0.15, -0.1) is 0 Å². The van der Waals surface area contributed by atoms with Gasteiger partial charge in [0.2, 0.25) is 0 Å². The molecule has 12 heteroatoms. The fourth-order valence-corrected chi connectivity index (χ4v) is 8.34. The highest BCUT2D eigenvalue weighted by Crippen LogP contribution is 2.55. The maximum Gasteiger partial charge on any atom is 0.261 e. The van der Waals surface area contributed by atoms with E-state index in [1.165, 1.54) is 0 Å². The molecular weight excluding hydrogens is 603 g/mol. The van der Waals surface area contributed by atoms with Gasteiger partial charge in [0.15, 0.2) is 0 Å². The molecule has 5 atom stereocenters. The highest BCUT2D eigenvalue weighted by Gasteiger charge is 2.68. The third-order valence-electron chi connectivity index (χ3n) is 8.48. The lowest BCUT2D eigenvalue weighted by molar-refractivity contribution is -0.138. The summed E-state index contributed by atoms with van der Waals surface area (Å²) in [5, 5.41) is 0. The standard InChI is InChI=1S/C32H31N3O7S2/c1-31(22-13-17-24(18-14-22)33-43(36,37)26-9-5-3-6-10-26)29-35-28(21-40-29)41-32(2,30(35)42-31)23-15-19-25(20-16-23)34-44(38,39)27-11-7-4-8-12-27/h3-20,28-30,33-34H,21H2,1-2H3/t28-,29-,30-,31+,32+/m0/s1. The molecule has 0 aliphatic carbocycles. The van der Waals surface area contributed by atoms with Gasteiger partial charge in [0.1, 0.15) is 29.9 Å². The van der Waals surface area contributed by atoms with Crippen LogP contribution in [0.5, 0.6) is 0 Å². The predicted octanol–water partition coefficient (Wildman–Crippen LogP) is 4.79. The van der Waals surface area contributed by atoms with Crippen LogP contribution in [0, 0.1) is 0 Å². The van der Waals surface area contributed by atoms with Crippen molar-refractivity contribution in [3.05, 3.63) is 120 Å². The number of hydrogen-bond acceptors (Lipinski definition) is 8. The number of anilines is 2. The summed E-state index contributed by atoms with van der Waals surface area (Å²) < 4.78 is 75.9. The van der Waals surface area contributed by atoms with Gasteiger partial charge in [0.25, 0.3) is 20.0 Å². The zero-order chi connectivity index (χ0) is 30.7. The Hall–Kier alpha value is -3.78. The van der Waals surface area contributed by atoms with Gasteiger partial charge in [0.05, 0.1) is 16.4 Å². The van der Waals surface area contributed by atoms with Crippen LogP contribution in [0.3, 0.4) is 0 Å². The van der Waals surface area contributed by atoms with Crippen molar-refractivity contribution in [2.45, 2.75) is 53.5 Å². The highest BCUT2D eigenvalue weighted by atomic mass is 32.2. The fraction of sp³-hybridized carbons (Fsp3) is 0.250. The summed E-state index contributed by atoms with van der Waals surface area (Å²) >= 11 is 0. The second-order valence-corrected chi connectivity index (χ2v) is 14.7. The highest BCUT2D eigenvalue weighted by molar-refractivity contribution is 7.93. The molecule has 10 nitrogen and oxygen atoms in total. The first-order valence-corrected chi connectivity index (χ1v) is 17.1. The average molecular weight is 634 g/mol. The van der Waals surface area contributed by atoms with E-state index in [0.29, 0.717) is 18.0 Å². The summed E-state index contributed by atoms with van der Waals surface area (Å²) in [5.41, 5.74) is 0.780. The number of nitrogens with zero attached hydrogens (tertiary/aromatic N) is 1. The Morgan fingerprint density at radius 2 is 1.05 bits per heavy atom. The van der Waals surface area contributed by atoms with E-state index >= 15 is 0 Å². The molecule has 7 rings (SSSR count). The maximum atomic E-state index is 12.8. The van der Waals surface area contributed by atoms with Gasteiger partial charge in [-0.1, -0.05) is 60.7 Å². The molecule has 44 heavy (non-hydrogen) atoms. The van der Waals surface area contributed by atoms with Crippen molar-refractivity contribution in [3.63, 3.8) is 0 Å². The Morgan fingerprint density at radius 3 is 1.50 bits per heavy atom. The van der Waals surface area contributed by atoms with Crippen molar-refractivity contribution in [2.75, 3.05) is 16.1 Å². The molecule has 0 bridgehead atoms. The second kappa shape index (κ2) is 10.4. The van der Waals surface area contributed by atoms with Crippen molar-refractivity contribution in [2.24, 2.45) is 0 Å². The molecule has 4 aromatic carbocycles. The Balaban J connectivity index is 1.11. The normalized spacial score (nSPS) is 28.1. The van der Waals surface area contributed by atoms with Crippen molar-refractivity contribution in [3.8, 4) is 0 Å². The van der Waals surface area contributed by atoms with Crippen molar-refractivity contribution in [1.29, 1.82) is 0 Å². The SMILES string of the molecule is C[C@]1(c2ccc(NS(=O)(=O)c3ccccc3)cc2)O[C@H]2CO[C@@H]3N2[C@H]1O[C@]3(C)c1ccc(NS(=O)(=O)c2ccccc2)cc1. The molecule has 3 heterocycles. The minimum absolute atomic E-state index is 0.183. The van der Waals surface area contributed by atoms with Crippen LogP contribution >= 0.6 is 0 Å². The van der Waals surface area contributed by atoms with Crippen LogP contribution in [0.4, 0.5) is 11.4 Å². The van der Waals surface area contributed by atoms with Gasteiger partial charge in [-0.3, -0.25) is 9.44 Å².